The molecule has 0 saturated carbocycles. The van der Waals surface area contributed by atoms with Crippen molar-refractivity contribution in [3.8, 4) is 0 Å². The SMILES string of the molecule is C[C@@H]1O[C@@H](O[C@@H]2[C@@H](O[C@@H]3O[C@H](CO)[C@@H](O)[C@H](O)[C@H]3O)[C@@H](O)[C@H](O[C@@H]3[C@@H](O)[C@@H](O)[C@H](O[C@H]4C(O)OC[C@@H](O)[C@@H]4O)O[C@H]3C)O[C@H]2C)[C@H](O)[C@H](O)[C@H]1O. The van der Waals surface area contributed by atoms with Crippen molar-refractivity contribution in [1.82, 2.24) is 0 Å². The van der Waals surface area contributed by atoms with Crippen molar-refractivity contribution in [1.29, 1.82) is 0 Å². The molecule has 0 radical (unpaired) electrons. The summed E-state index contributed by atoms with van der Waals surface area (Å²) in [4.78, 5) is 0. The van der Waals surface area contributed by atoms with Gasteiger partial charge in [0.25, 0.3) is 0 Å². The van der Waals surface area contributed by atoms with Crippen LogP contribution in [0.4, 0.5) is 0 Å². The lowest BCUT2D eigenvalue weighted by Crippen LogP contribution is -2.67. The van der Waals surface area contributed by atoms with Gasteiger partial charge in [0.05, 0.1) is 31.5 Å². The lowest BCUT2D eigenvalue weighted by molar-refractivity contribution is -0.398. The summed E-state index contributed by atoms with van der Waals surface area (Å²) in [6.45, 7) is 3.01. The first-order valence-electron chi connectivity index (χ1n) is 16.6. The Morgan fingerprint density at radius 1 is 0.431 bits per heavy atom. The Morgan fingerprint density at radius 2 is 0.882 bits per heavy atom. The topological polar surface area (TPSA) is 346 Å². The quantitative estimate of drug-likeness (QED) is 0.104. The van der Waals surface area contributed by atoms with Gasteiger partial charge in [0, 0.05) is 0 Å². The minimum absolute atomic E-state index is 0.390. The predicted molar refractivity (Wildman–Crippen MR) is 156 cm³/mol. The second-order valence-corrected chi connectivity index (χ2v) is 13.5. The maximum absolute atomic E-state index is 11.6. The maximum atomic E-state index is 11.6. The minimum atomic E-state index is -1.94. The zero-order valence-electron chi connectivity index (χ0n) is 27.8. The smallest absolute Gasteiger partial charge is 0.187 e. The third-order valence-electron chi connectivity index (χ3n) is 9.80. The molecule has 0 bridgehead atoms. The first-order valence-corrected chi connectivity index (χ1v) is 16.6. The molecule has 5 aliphatic heterocycles. The van der Waals surface area contributed by atoms with Crippen molar-refractivity contribution in [3.63, 3.8) is 0 Å². The highest BCUT2D eigenvalue weighted by Gasteiger charge is 2.55. The fraction of sp³-hybridized carbons (Fsp3) is 1.00. The van der Waals surface area contributed by atoms with Crippen LogP contribution < -0.4 is 0 Å². The molecule has 5 heterocycles. The Balaban J connectivity index is 1.34. The van der Waals surface area contributed by atoms with Crippen LogP contribution in [-0.2, 0) is 42.6 Å². The van der Waals surface area contributed by atoms with Gasteiger partial charge in [-0.1, -0.05) is 0 Å². The third-order valence-corrected chi connectivity index (χ3v) is 9.80. The van der Waals surface area contributed by atoms with Crippen LogP contribution in [0.1, 0.15) is 20.8 Å². The molecule has 0 aromatic rings. The first kappa shape index (κ1) is 41.3. The molecule has 13 N–H and O–H groups in total. The minimum Gasteiger partial charge on any atom is -0.394 e. The van der Waals surface area contributed by atoms with E-state index in [4.69, 9.17) is 42.6 Å². The lowest BCUT2D eigenvalue weighted by Gasteiger charge is -2.50. The molecule has 0 aromatic heterocycles. The van der Waals surface area contributed by atoms with Gasteiger partial charge in [-0.25, -0.2) is 0 Å². The van der Waals surface area contributed by atoms with E-state index in [0.29, 0.717) is 0 Å². The van der Waals surface area contributed by atoms with Gasteiger partial charge in [-0.15, -0.1) is 0 Å². The summed E-state index contributed by atoms with van der Waals surface area (Å²) in [6, 6.07) is 0. The van der Waals surface area contributed by atoms with Gasteiger partial charge >= 0.3 is 0 Å². The van der Waals surface area contributed by atoms with Crippen LogP contribution >= 0.6 is 0 Å². The van der Waals surface area contributed by atoms with Crippen LogP contribution in [-0.4, -0.2) is 227 Å². The van der Waals surface area contributed by atoms with Crippen LogP contribution in [0.2, 0.25) is 0 Å². The Kier molecular flexibility index (Phi) is 13.7. The Hall–Kier alpha value is -0.880. The molecule has 298 valence electrons. The normalized spacial score (nSPS) is 55.8. The second kappa shape index (κ2) is 16.9. The summed E-state index contributed by atoms with van der Waals surface area (Å²) < 4.78 is 50.6. The summed E-state index contributed by atoms with van der Waals surface area (Å²) in [7, 11) is 0. The van der Waals surface area contributed by atoms with Gasteiger partial charge < -0.3 is 109 Å². The fourth-order valence-electron chi connectivity index (χ4n) is 6.60. The summed E-state index contributed by atoms with van der Waals surface area (Å²) in [5.41, 5.74) is 0. The highest BCUT2D eigenvalue weighted by molar-refractivity contribution is 4.98. The molecule has 24 atom stereocenters. The summed E-state index contributed by atoms with van der Waals surface area (Å²) in [6.07, 6.45) is -38.8. The van der Waals surface area contributed by atoms with Crippen LogP contribution in [0, 0.1) is 0 Å². The van der Waals surface area contributed by atoms with Gasteiger partial charge in [0.2, 0.25) is 0 Å². The predicted octanol–water partition coefficient (Wildman–Crippen LogP) is -8.20. The highest BCUT2D eigenvalue weighted by atomic mass is 16.8. The molecular weight excluding hydrogens is 700 g/mol. The molecule has 5 fully saturated rings. The van der Waals surface area contributed by atoms with E-state index in [2.05, 4.69) is 0 Å². The molecule has 1 unspecified atom stereocenters. The number of hydrogen-bond acceptors (Lipinski definition) is 22. The molecule has 22 heteroatoms. The highest BCUT2D eigenvalue weighted by Crippen LogP contribution is 2.36. The summed E-state index contributed by atoms with van der Waals surface area (Å²) >= 11 is 0. The maximum Gasteiger partial charge on any atom is 0.187 e. The van der Waals surface area contributed by atoms with Crippen molar-refractivity contribution in [2.45, 2.75) is 168 Å². The van der Waals surface area contributed by atoms with Gasteiger partial charge in [0.15, 0.2) is 31.5 Å². The van der Waals surface area contributed by atoms with Crippen LogP contribution in [0.3, 0.4) is 0 Å². The van der Waals surface area contributed by atoms with E-state index in [1.165, 1.54) is 20.8 Å². The standard InChI is InChI=1S/C29H50O22/c1-6-11(32)14(35)17(38)26(44-6)49-22-8(3)46-29(20(41)23(22)50-28-18(39)15(36)13(34)10(4-30)47-28)48-21-7(2)45-27(19(40)16(21)37)51-24-12(33)9(31)5-43-25(24)42/h6-42H,4-5H2,1-3H3/t6-,7-,8-,9+,10+,11-,12-,13+,14+,15-,16-,17+,18+,19+,20+,21-,22-,23-,24+,25?,26-,27-,28-,29-/m0/s1. The number of aliphatic hydroxyl groups excluding tert-OH is 13. The van der Waals surface area contributed by atoms with E-state index in [-0.39, 0.29) is 0 Å². The van der Waals surface area contributed by atoms with Crippen LogP contribution in [0.25, 0.3) is 0 Å². The van der Waals surface area contributed by atoms with E-state index in [1.54, 1.807) is 0 Å². The summed E-state index contributed by atoms with van der Waals surface area (Å²) in [5, 5.41) is 136. The summed E-state index contributed by atoms with van der Waals surface area (Å²) in [5.74, 6) is 0. The van der Waals surface area contributed by atoms with Crippen molar-refractivity contribution >= 4 is 0 Å². The van der Waals surface area contributed by atoms with E-state index >= 15 is 0 Å². The molecular formula is C29H50O22. The monoisotopic (exact) mass is 750 g/mol. The molecule has 51 heavy (non-hydrogen) atoms. The van der Waals surface area contributed by atoms with Crippen LogP contribution in [0.15, 0.2) is 0 Å². The molecule has 0 amide bonds. The van der Waals surface area contributed by atoms with E-state index < -0.39 is 161 Å². The van der Waals surface area contributed by atoms with E-state index in [0.717, 1.165) is 0 Å². The molecule has 0 aromatic carbocycles. The Bertz CT molecular complexity index is 1110. The van der Waals surface area contributed by atoms with Crippen molar-refractivity contribution in [2.24, 2.45) is 0 Å². The van der Waals surface area contributed by atoms with Gasteiger partial charge in [-0.05, 0) is 20.8 Å². The Labute approximate surface area is 290 Å². The molecule has 22 nitrogen and oxygen atoms in total. The van der Waals surface area contributed by atoms with Crippen molar-refractivity contribution in [3.05, 3.63) is 0 Å². The number of rotatable bonds is 9. The largest absolute Gasteiger partial charge is 0.394 e. The average molecular weight is 751 g/mol. The van der Waals surface area contributed by atoms with Crippen molar-refractivity contribution < 1.29 is 109 Å². The zero-order valence-corrected chi connectivity index (χ0v) is 27.8. The molecule has 5 aliphatic rings. The van der Waals surface area contributed by atoms with Gasteiger partial charge in [-0.2, -0.15) is 0 Å². The number of hydrogen-bond donors (Lipinski definition) is 13. The molecule has 5 rings (SSSR count). The van der Waals surface area contributed by atoms with Crippen LogP contribution in [0.5, 0.6) is 0 Å². The van der Waals surface area contributed by atoms with Gasteiger partial charge in [0.1, 0.15) is 97.7 Å². The molecule has 5 saturated heterocycles. The van der Waals surface area contributed by atoms with Crippen molar-refractivity contribution in [2.75, 3.05) is 13.2 Å². The lowest BCUT2D eigenvalue weighted by atomic mass is 9.95. The zero-order chi connectivity index (χ0) is 37.6. The molecule has 0 spiro atoms. The number of ether oxygens (including phenoxy) is 9. The first-order chi connectivity index (χ1) is 24.0. The third kappa shape index (κ3) is 8.37. The molecule has 0 aliphatic carbocycles. The average Bonchev–Trinajstić information content (AvgIpc) is 3.09. The van der Waals surface area contributed by atoms with Gasteiger partial charge in [-0.3, -0.25) is 0 Å². The second-order valence-electron chi connectivity index (χ2n) is 13.5. The number of aliphatic hydroxyl groups is 13. The van der Waals surface area contributed by atoms with E-state index in [9.17, 15) is 66.4 Å². The Morgan fingerprint density at radius 3 is 1.49 bits per heavy atom. The van der Waals surface area contributed by atoms with E-state index in [1.807, 2.05) is 0 Å². The fourth-order valence-corrected chi connectivity index (χ4v) is 6.60.